The van der Waals surface area contributed by atoms with Gasteiger partial charge >= 0.3 is 0 Å². The number of nitrogens with one attached hydrogen (secondary N) is 1. The molecule has 5 nitrogen and oxygen atoms in total. The van der Waals surface area contributed by atoms with Gasteiger partial charge in [0.05, 0.1) is 18.0 Å². The average molecular weight is 236 g/mol. The fraction of sp³-hybridized carbons (Fsp3) is 0.583. The summed E-state index contributed by atoms with van der Waals surface area (Å²) < 4.78 is 5.19. The van der Waals surface area contributed by atoms with Gasteiger partial charge in [-0.15, -0.1) is 0 Å². The Morgan fingerprint density at radius 2 is 2.53 bits per heavy atom. The number of ether oxygens (including phenoxy) is 1. The molecule has 2 heterocycles. The molecule has 1 fully saturated rings. The summed E-state index contributed by atoms with van der Waals surface area (Å²) in [5, 5.41) is 0. The highest BCUT2D eigenvalue weighted by atomic mass is 16.5. The monoisotopic (exact) mass is 236 g/mol. The molecule has 3 N–H and O–H groups in total. The number of nitrogens with two attached hydrogens (primary N) is 1. The van der Waals surface area contributed by atoms with Crippen molar-refractivity contribution in [1.82, 2.24) is 9.88 Å². The van der Waals surface area contributed by atoms with Gasteiger partial charge in [0, 0.05) is 26.4 Å². The largest absolute Gasteiger partial charge is 0.384 e. The Morgan fingerprint density at radius 3 is 3.29 bits per heavy atom. The topological polar surface area (TPSA) is 63.4 Å². The van der Waals surface area contributed by atoms with Crippen LogP contribution in [0.2, 0.25) is 0 Å². The van der Waals surface area contributed by atoms with Crippen LogP contribution in [0.5, 0.6) is 0 Å². The minimum Gasteiger partial charge on any atom is -0.384 e. The number of pyridine rings is 1. The Kier molecular flexibility index (Phi) is 4.30. The van der Waals surface area contributed by atoms with Crippen molar-refractivity contribution in [1.29, 1.82) is 0 Å². The standard InChI is InChI=1S/C12H20N4O/c1-17-9-10-3-5-16(7-10)8-12-6-11(15-13)2-4-14-12/h2,4,6,10H,3,5,7-9,13H2,1H3,(H,14,15). The molecule has 1 saturated heterocycles. The van der Waals surface area contributed by atoms with Crippen molar-refractivity contribution in [3.63, 3.8) is 0 Å². The van der Waals surface area contributed by atoms with Crippen molar-refractivity contribution < 1.29 is 4.74 Å². The molecule has 1 aromatic heterocycles. The molecule has 0 aromatic carbocycles. The number of hydrogen-bond donors (Lipinski definition) is 2. The van der Waals surface area contributed by atoms with Gasteiger partial charge in [0.15, 0.2) is 0 Å². The first-order valence-corrected chi connectivity index (χ1v) is 5.94. The van der Waals surface area contributed by atoms with Crippen LogP contribution in [0.1, 0.15) is 12.1 Å². The van der Waals surface area contributed by atoms with Crippen LogP contribution in [0.3, 0.4) is 0 Å². The van der Waals surface area contributed by atoms with E-state index in [0.717, 1.165) is 37.6 Å². The highest BCUT2D eigenvalue weighted by molar-refractivity contribution is 5.41. The molecule has 1 atom stereocenters. The van der Waals surface area contributed by atoms with Crippen LogP contribution in [0.15, 0.2) is 18.3 Å². The highest BCUT2D eigenvalue weighted by Crippen LogP contribution is 2.18. The molecule has 0 amide bonds. The second kappa shape index (κ2) is 5.95. The van der Waals surface area contributed by atoms with Gasteiger partial charge in [-0.3, -0.25) is 15.7 Å². The number of aromatic nitrogens is 1. The number of nitrogens with zero attached hydrogens (tertiary/aromatic N) is 2. The summed E-state index contributed by atoms with van der Waals surface area (Å²) in [4.78, 5) is 6.76. The molecule has 0 bridgehead atoms. The van der Waals surface area contributed by atoms with Crippen LogP contribution < -0.4 is 11.3 Å². The van der Waals surface area contributed by atoms with E-state index in [1.54, 1.807) is 13.3 Å². The van der Waals surface area contributed by atoms with Gasteiger partial charge in [-0.1, -0.05) is 0 Å². The molecule has 0 radical (unpaired) electrons. The lowest BCUT2D eigenvalue weighted by Crippen LogP contribution is -2.22. The normalized spacial score (nSPS) is 20.7. The number of rotatable bonds is 5. The molecule has 1 aliphatic heterocycles. The lowest BCUT2D eigenvalue weighted by molar-refractivity contribution is 0.152. The Labute approximate surface area is 102 Å². The quantitative estimate of drug-likeness (QED) is 0.586. The Balaban J connectivity index is 1.88. The number of nitrogen functional groups attached to an aromatic ring is 1. The van der Waals surface area contributed by atoms with Crippen LogP contribution in [-0.4, -0.2) is 36.7 Å². The minimum atomic E-state index is 0.663. The SMILES string of the molecule is COCC1CCN(Cc2cc(NN)ccn2)C1. The number of hydrogen-bond acceptors (Lipinski definition) is 5. The number of likely N-dealkylation sites (tertiary alicyclic amines) is 1. The zero-order valence-electron chi connectivity index (χ0n) is 10.2. The van der Waals surface area contributed by atoms with Gasteiger partial charge in [-0.2, -0.15) is 0 Å². The zero-order chi connectivity index (χ0) is 12.1. The number of hydrazine groups is 1. The molecule has 1 aliphatic rings. The van der Waals surface area contributed by atoms with Crippen LogP contribution in [0.4, 0.5) is 5.69 Å². The fourth-order valence-electron chi connectivity index (χ4n) is 2.31. The molecule has 0 spiro atoms. The van der Waals surface area contributed by atoms with E-state index in [1.807, 2.05) is 12.1 Å². The molecule has 1 aromatic rings. The van der Waals surface area contributed by atoms with Crippen molar-refractivity contribution in [2.45, 2.75) is 13.0 Å². The van der Waals surface area contributed by atoms with Gasteiger partial charge in [0.2, 0.25) is 0 Å². The number of methoxy groups -OCH3 is 1. The highest BCUT2D eigenvalue weighted by Gasteiger charge is 2.22. The second-order valence-corrected chi connectivity index (χ2v) is 4.53. The van der Waals surface area contributed by atoms with Crippen molar-refractivity contribution in [2.75, 3.05) is 32.2 Å². The van der Waals surface area contributed by atoms with E-state index in [2.05, 4.69) is 15.3 Å². The van der Waals surface area contributed by atoms with Gasteiger partial charge < -0.3 is 10.2 Å². The van der Waals surface area contributed by atoms with Crippen LogP contribution in [-0.2, 0) is 11.3 Å². The fourth-order valence-corrected chi connectivity index (χ4v) is 2.31. The minimum absolute atomic E-state index is 0.663. The Bertz CT molecular complexity index is 358. The van der Waals surface area contributed by atoms with Crippen molar-refractivity contribution in [3.05, 3.63) is 24.0 Å². The van der Waals surface area contributed by atoms with Gasteiger partial charge in [0.25, 0.3) is 0 Å². The second-order valence-electron chi connectivity index (χ2n) is 4.53. The molecular weight excluding hydrogens is 216 g/mol. The van der Waals surface area contributed by atoms with Gasteiger partial charge in [-0.05, 0) is 31.0 Å². The van der Waals surface area contributed by atoms with Crippen LogP contribution >= 0.6 is 0 Å². The summed E-state index contributed by atoms with van der Waals surface area (Å²) in [5.74, 6) is 6.04. The third-order valence-electron chi connectivity index (χ3n) is 3.14. The summed E-state index contributed by atoms with van der Waals surface area (Å²) in [6, 6.07) is 3.85. The molecule has 94 valence electrons. The smallest absolute Gasteiger partial charge is 0.0564 e. The Hall–Kier alpha value is -1.17. The third kappa shape index (κ3) is 3.39. The van der Waals surface area contributed by atoms with E-state index < -0.39 is 0 Å². The lowest BCUT2D eigenvalue weighted by Gasteiger charge is -2.15. The summed E-state index contributed by atoms with van der Waals surface area (Å²) in [5.41, 5.74) is 4.60. The summed E-state index contributed by atoms with van der Waals surface area (Å²) in [7, 11) is 1.76. The summed E-state index contributed by atoms with van der Waals surface area (Å²) >= 11 is 0. The molecule has 0 saturated carbocycles. The van der Waals surface area contributed by atoms with E-state index in [0.29, 0.717) is 5.92 Å². The Morgan fingerprint density at radius 1 is 1.65 bits per heavy atom. The van der Waals surface area contributed by atoms with Crippen LogP contribution in [0.25, 0.3) is 0 Å². The van der Waals surface area contributed by atoms with E-state index in [4.69, 9.17) is 10.6 Å². The zero-order valence-corrected chi connectivity index (χ0v) is 10.2. The summed E-state index contributed by atoms with van der Waals surface area (Å²) in [6.07, 6.45) is 3.00. The van der Waals surface area contributed by atoms with Crippen molar-refractivity contribution >= 4 is 5.69 Å². The van der Waals surface area contributed by atoms with E-state index in [9.17, 15) is 0 Å². The number of anilines is 1. The molecule has 2 rings (SSSR count). The maximum atomic E-state index is 5.38. The maximum Gasteiger partial charge on any atom is 0.0564 e. The first-order chi connectivity index (χ1) is 8.31. The van der Waals surface area contributed by atoms with Crippen molar-refractivity contribution in [2.24, 2.45) is 11.8 Å². The van der Waals surface area contributed by atoms with Gasteiger partial charge in [0.1, 0.15) is 0 Å². The average Bonchev–Trinajstić information content (AvgIpc) is 2.77. The predicted molar refractivity (Wildman–Crippen MR) is 67.3 cm³/mol. The molecular formula is C12H20N4O. The van der Waals surface area contributed by atoms with Gasteiger partial charge in [-0.25, -0.2) is 0 Å². The van der Waals surface area contributed by atoms with Crippen molar-refractivity contribution in [3.8, 4) is 0 Å². The third-order valence-corrected chi connectivity index (χ3v) is 3.14. The summed E-state index contributed by atoms with van der Waals surface area (Å²) in [6.45, 7) is 3.95. The first kappa shape index (κ1) is 12.3. The van der Waals surface area contributed by atoms with E-state index in [-0.39, 0.29) is 0 Å². The lowest BCUT2D eigenvalue weighted by atomic mass is 10.1. The predicted octanol–water partition coefficient (Wildman–Crippen LogP) is 0.835. The molecule has 5 heteroatoms. The molecule has 1 unspecified atom stereocenters. The maximum absolute atomic E-state index is 5.38. The van der Waals surface area contributed by atoms with E-state index in [1.165, 1.54) is 6.42 Å². The molecule has 0 aliphatic carbocycles. The van der Waals surface area contributed by atoms with Crippen LogP contribution in [0, 0.1) is 5.92 Å². The first-order valence-electron chi connectivity index (χ1n) is 5.94. The van der Waals surface area contributed by atoms with E-state index >= 15 is 0 Å². The molecule has 17 heavy (non-hydrogen) atoms.